The Hall–Kier alpha value is -0.980. The van der Waals surface area contributed by atoms with Crippen LogP contribution >= 0.6 is 0 Å². The molecule has 1 nitrogen and oxygen atoms in total. The number of rotatable bonds is 4. The zero-order chi connectivity index (χ0) is 10.8. The molecular formula is C14H21N. The van der Waals surface area contributed by atoms with Crippen molar-refractivity contribution < 1.29 is 0 Å². The van der Waals surface area contributed by atoms with E-state index >= 15 is 0 Å². The van der Waals surface area contributed by atoms with Crippen molar-refractivity contribution in [2.75, 3.05) is 5.32 Å². The lowest BCUT2D eigenvalue weighted by Gasteiger charge is -2.23. The SMILES string of the molecule is Cc1ccc(NC(C(C)C)C2CC2)cc1. The minimum atomic E-state index is 0.660. The molecule has 0 spiro atoms. The van der Waals surface area contributed by atoms with Crippen LogP contribution in [-0.4, -0.2) is 6.04 Å². The highest BCUT2D eigenvalue weighted by Crippen LogP contribution is 2.37. The first-order chi connectivity index (χ1) is 7.16. The van der Waals surface area contributed by atoms with Gasteiger partial charge < -0.3 is 5.32 Å². The number of benzene rings is 1. The van der Waals surface area contributed by atoms with Crippen molar-refractivity contribution >= 4 is 5.69 Å². The normalized spacial score (nSPS) is 17.9. The second kappa shape index (κ2) is 4.26. The molecule has 82 valence electrons. The third-order valence-electron chi connectivity index (χ3n) is 3.23. The molecule has 0 amide bonds. The molecule has 2 rings (SSSR count). The van der Waals surface area contributed by atoms with E-state index in [9.17, 15) is 0 Å². The van der Waals surface area contributed by atoms with Crippen LogP contribution in [0.3, 0.4) is 0 Å². The standard InChI is InChI=1S/C14H21N/c1-10(2)14(12-6-7-12)15-13-8-4-11(3)5-9-13/h4-5,8-10,12,14-15H,6-7H2,1-3H3. The van der Waals surface area contributed by atoms with Crippen molar-refractivity contribution in [2.45, 2.75) is 39.7 Å². The molecule has 1 heteroatoms. The number of anilines is 1. The molecule has 0 heterocycles. The summed E-state index contributed by atoms with van der Waals surface area (Å²) in [6.45, 7) is 6.75. The fourth-order valence-corrected chi connectivity index (χ4v) is 2.13. The highest BCUT2D eigenvalue weighted by molar-refractivity contribution is 5.45. The van der Waals surface area contributed by atoms with Crippen molar-refractivity contribution in [1.82, 2.24) is 0 Å². The Morgan fingerprint density at radius 1 is 1.13 bits per heavy atom. The molecule has 0 saturated heterocycles. The van der Waals surface area contributed by atoms with Gasteiger partial charge in [0.15, 0.2) is 0 Å². The molecule has 0 bridgehead atoms. The van der Waals surface area contributed by atoms with Crippen LogP contribution in [0.2, 0.25) is 0 Å². The Bertz CT molecular complexity index is 307. The average Bonchev–Trinajstić information content (AvgIpc) is 3.00. The van der Waals surface area contributed by atoms with E-state index in [0.29, 0.717) is 6.04 Å². The van der Waals surface area contributed by atoms with E-state index in [-0.39, 0.29) is 0 Å². The van der Waals surface area contributed by atoms with Gasteiger partial charge in [-0.15, -0.1) is 0 Å². The van der Waals surface area contributed by atoms with Crippen molar-refractivity contribution in [3.05, 3.63) is 29.8 Å². The average molecular weight is 203 g/mol. The maximum atomic E-state index is 3.67. The molecule has 1 aliphatic rings. The number of aryl methyl sites for hydroxylation is 1. The fraction of sp³-hybridized carbons (Fsp3) is 0.571. The maximum absolute atomic E-state index is 3.67. The lowest BCUT2D eigenvalue weighted by Crippen LogP contribution is -2.27. The second-order valence-electron chi connectivity index (χ2n) is 5.12. The Morgan fingerprint density at radius 3 is 2.20 bits per heavy atom. The van der Waals surface area contributed by atoms with E-state index in [4.69, 9.17) is 0 Å². The first-order valence-corrected chi connectivity index (χ1v) is 6.00. The summed E-state index contributed by atoms with van der Waals surface area (Å²) in [5.74, 6) is 1.63. The van der Waals surface area contributed by atoms with Gasteiger partial charge in [-0.3, -0.25) is 0 Å². The van der Waals surface area contributed by atoms with Crippen LogP contribution in [0.1, 0.15) is 32.3 Å². The quantitative estimate of drug-likeness (QED) is 0.784. The molecule has 15 heavy (non-hydrogen) atoms. The molecule has 0 radical (unpaired) electrons. The Labute approximate surface area is 92.9 Å². The maximum Gasteiger partial charge on any atom is 0.0342 e. The van der Waals surface area contributed by atoms with Gasteiger partial charge in [-0.2, -0.15) is 0 Å². The predicted molar refractivity (Wildman–Crippen MR) is 66.2 cm³/mol. The van der Waals surface area contributed by atoms with Crippen molar-refractivity contribution in [2.24, 2.45) is 11.8 Å². The van der Waals surface area contributed by atoms with Gasteiger partial charge in [0, 0.05) is 11.7 Å². The van der Waals surface area contributed by atoms with E-state index < -0.39 is 0 Å². The number of hydrogen-bond acceptors (Lipinski definition) is 1. The van der Waals surface area contributed by atoms with Gasteiger partial charge in [0.1, 0.15) is 0 Å². The largest absolute Gasteiger partial charge is 0.382 e. The zero-order valence-electron chi connectivity index (χ0n) is 9.96. The van der Waals surface area contributed by atoms with Crippen LogP contribution in [0.25, 0.3) is 0 Å². The predicted octanol–water partition coefficient (Wildman–Crippen LogP) is 3.84. The number of nitrogens with one attached hydrogen (secondary N) is 1. The van der Waals surface area contributed by atoms with Gasteiger partial charge in [-0.25, -0.2) is 0 Å². The van der Waals surface area contributed by atoms with Crippen molar-refractivity contribution in [3.8, 4) is 0 Å². The lowest BCUT2D eigenvalue weighted by molar-refractivity contribution is 0.477. The molecule has 1 fully saturated rings. The van der Waals surface area contributed by atoms with E-state index in [1.165, 1.54) is 24.1 Å². The van der Waals surface area contributed by atoms with Crippen molar-refractivity contribution in [1.29, 1.82) is 0 Å². The number of hydrogen-bond donors (Lipinski definition) is 1. The van der Waals surface area contributed by atoms with Gasteiger partial charge >= 0.3 is 0 Å². The summed E-state index contributed by atoms with van der Waals surface area (Å²) in [5, 5.41) is 3.67. The highest BCUT2D eigenvalue weighted by atomic mass is 14.9. The molecule has 0 aromatic heterocycles. The Balaban J connectivity index is 2.02. The molecule has 1 N–H and O–H groups in total. The summed E-state index contributed by atoms with van der Waals surface area (Å²) in [4.78, 5) is 0. The van der Waals surface area contributed by atoms with E-state index in [0.717, 1.165) is 11.8 Å². The van der Waals surface area contributed by atoms with Crippen LogP contribution in [-0.2, 0) is 0 Å². The first-order valence-electron chi connectivity index (χ1n) is 6.00. The van der Waals surface area contributed by atoms with Gasteiger partial charge in [0.2, 0.25) is 0 Å². The third kappa shape index (κ3) is 2.74. The lowest BCUT2D eigenvalue weighted by atomic mass is 9.99. The first kappa shape index (κ1) is 10.5. The van der Waals surface area contributed by atoms with Gasteiger partial charge in [-0.1, -0.05) is 31.5 Å². The van der Waals surface area contributed by atoms with Crippen LogP contribution < -0.4 is 5.32 Å². The molecule has 1 saturated carbocycles. The summed E-state index contributed by atoms with van der Waals surface area (Å²) in [7, 11) is 0. The summed E-state index contributed by atoms with van der Waals surface area (Å²) >= 11 is 0. The van der Waals surface area contributed by atoms with E-state index in [2.05, 4.69) is 50.4 Å². The van der Waals surface area contributed by atoms with Crippen LogP contribution in [0, 0.1) is 18.8 Å². The second-order valence-corrected chi connectivity index (χ2v) is 5.12. The minimum absolute atomic E-state index is 0.660. The van der Waals surface area contributed by atoms with Gasteiger partial charge in [0.05, 0.1) is 0 Å². The molecule has 1 atom stereocenters. The van der Waals surface area contributed by atoms with Crippen LogP contribution in [0.4, 0.5) is 5.69 Å². The Morgan fingerprint density at radius 2 is 1.73 bits per heavy atom. The summed E-state index contributed by atoms with van der Waals surface area (Å²) < 4.78 is 0. The van der Waals surface area contributed by atoms with Crippen LogP contribution in [0.15, 0.2) is 24.3 Å². The summed E-state index contributed by atoms with van der Waals surface area (Å²) in [6.07, 6.45) is 2.81. The van der Waals surface area contributed by atoms with E-state index in [1.54, 1.807) is 0 Å². The topological polar surface area (TPSA) is 12.0 Å². The zero-order valence-corrected chi connectivity index (χ0v) is 9.96. The Kier molecular flexibility index (Phi) is 2.99. The van der Waals surface area contributed by atoms with Crippen LogP contribution in [0.5, 0.6) is 0 Å². The molecule has 1 aromatic carbocycles. The smallest absolute Gasteiger partial charge is 0.0342 e. The fourth-order valence-electron chi connectivity index (χ4n) is 2.13. The summed E-state index contributed by atoms with van der Waals surface area (Å²) in [5.41, 5.74) is 2.60. The molecule has 1 unspecified atom stereocenters. The van der Waals surface area contributed by atoms with Gasteiger partial charge in [-0.05, 0) is 43.7 Å². The van der Waals surface area contributed by atoms with Gasteiger partial charge in [0.25, 0.3) is 0 Å². The monoisotopic (exact) mass is 203 g/mol. The molecular weight excluding hydrogens is 182 g/mol. The molecule has 1 aliphatic carbocycles. The van der Waals surface area contributed by atoms with Crippen molar-refractivity contribution in [3.63, 3.8) is 0 Å². The highest BCUT2D eigenvalue weighted by Gasteiger charge is 2.32. The summed E-state index contributed by atoms with van der Waals surface area (Å²) in [6, 6.07) is 9.38. The third-order valence-corrected chi connectivity index (χ3v) is 3.23. The molecule has 0 aliphatic heterocycles. The van der Waals surface area contributed by atoms with E-state index in [1.807, 2.05) is 0 Å². The minimum Gasteiger partial charge on any atom is -0.382 e. The molecule has 1 aromatic rings.